The molecule has 0 aliphatic rings. The Morgan fingerprint density at radius 3 is 2.52 bits per heavy atom. The van der Waals surface area contributed by atoms with E-state index >= 15 is 0 Å². The highest BCUT2D eigenvalue weighted by Gasteiger charge is 2.31. The van der Waals surface area contributed by atoms with Gasteiger partial charge in [-0.05, 0) is 24.6 Å². The van der Waals surface area contributed by atoms with Crippen LogP contribution < -0.4 is 0 Å². The first-order chi connectivity index (χ1) is 10.9. The van der Waals surface area contributed by atoms with Crippen molar-refractivity contribution in [2.75, 3.05) is 0 Å². The van der Waals surface area contributed by atoms with E-state index in [0.717, 1.165) is 22.7 Å². The van der Waals surface area contributed by atoms with E-state index in [9.17, 15) is 13.2 Å². The van der Waals surface area contributed by atoms with Crippen molar-refractivity contribution < 1.29 is 17.9 Å². The molecule has 0 fully saturated rings. The van der Waals surface area contributed by atoms with Crippen LogP contribution in [0.3, 0.4) is 0 Å². The highest BCUT2D eigenvalue weighted by Crippen LogP contribution is 2.35. The molecule has 1 heterocycles. The van der Waals surface area contributed by atoms with Crippen LogP contribution in [-0.4, -0.2) is 4.98 Å². The molecule has 2 nitrogen and oxygen atoms in total. The monoisotopic (exact) mass is 337 g/mol. The number of aryl methyl sites for hydroxylation is 1. The molecule has 0 saturated carbocycles. The maximum absolute atomic E-state index is 13.0. The van der Waals surface area contributed by atoms with Crippen LogP contribution in [0.25, 0.3) is 10.2 Å². The van der Waals surface area contributed by atoms with Crippen LogP contribution in [0.2, 0.25) is 0 Å². The lowest BCUT2D eigenvalue weighted by Crippen LogP contribution is -2.06. The Morgan fingerprint density at radius 1 is 1.09 bits per heavy atom. The van der Waals surface area contributed by atoms with Crippen LogP contribution in [0.4, 0.5) is 13.2 Å². The average molecular weight is 337 g/mol. The minimum Gasteiger partial charge on any atom is -0.372 e. The molecule has 3 rings (SSSR count). The van der Waals surface area contributed by atoms with Gasteiger partial charge in [-0.1, -0.05) is 30.3 Å². The summed E-state index contributed by atoms with van der Waals surface area (Å²) in [4.78, 5) is 4.33. The summed E-state index contributed by atoms with van der Waals surface area (Å²) >= 11 is 1.26. The van der Waals surface area contributed by atoms with Gasteiger partial charge in [0, 0.05) is 5.56 Å². The Morgan fingerprint density at radius 2 is 1.83 bits per heavy atom. The Bertz CT molecular complexity index is 812. The molecular formula is C17H14F3NOS. The summed E-state index contributed by atoms with van der Waals surface area (Å²) in [6, 6.07) is 11.8. The number of hydrogen-bond donors (Lipinski definition) is 0. The number of aromatic nitrogens is 1. The van der Waals surface area contributed by atoms with Crippen molar-refractivity contribution in [2.45, 2.75) is 26.3 Å². The smallest absolute Gasteiger partial charge is 0.372 e. The molecule has 0 N–H and O–H groups in total. The molecule has 0 atom stereocenters. The van der Waals surface area contributed by atoms with Crippen molar-refractivity contribution in [3.63, 3.8) is 0 Å². The van der Waals surface area contributed by atoms with Crippen LogP contribution in [0.1, 0.15) is 21.7 Å². The number of halogens is 3. The minimum atomic E-state index is -4.37. The van der Waals surface area contributed by atoms with Crippen molar-refractivity contribution in [1.29, 1.82) is 0 Å². The minimum absolute atomic E-state index is 0.0957. The summed E-state index contributed by atoms with van der Waals surface area (Å²) in [6.45, 7) is 2.23. The van der Waals surface area contributed by atoms with Crippen molar-refractivity contribution in [3.05, 3.63) is 64.2 Å². The topological polar surface area (TPSA) is 22.1 Å². The van der Waals surface area contributed by atoms with E-state index in [-0.39, 0.29) is 6.61 Å². The lowest BCUT2D eigenvalue weighted by atomic mass is 10.1. The van der Waals surface area contributed by atoms with Gasteiger partial charge in [0.2, 0.25) is 0 Å². The van der Waals surface area contributed by atoms with E-state index in [4.69, 9.17) is 4.74 Å². The van der Waals surface area contributed by atoms with Gasteiger partial charge in [-0.25, -0.2) is 4.98 Å². The molecule has 120 valence electrons. The summed E-state index contributed by atoms with van der Waals surface area (Å²) < 4.78 is 45.2. The summed E-state index contributed by atoms with van der Waals surface area (Å²) in [5.41, 5.74) is 1.38. The van der Waals surface area contributed by atoms with Crippen molar-refractivity contribution >= 4 is 21.6 Å². The number of nitrogens with zero attached hydrogens (tertiary/aromatic N) is 1. The van der Waals surface area contributed by atoms with E-state index < -0.39 is 11.7 Å². The standard InChI is InChI=1S/C17H14F3NOS/c1-11-21-16-13(10-22-9-12-5-3-2-4-6-12)7-14(17(18,19)20)8-15(16)23-11/h2-8H,9-10H2,1H3. The van der Waals surface area contributed by atoms with E-state index in [1.807, 2.05) is 30.3 Å². The largest absolute Gasteiger partial charge is 0.416 e. The van der Waals surface area contributed by atoms with Gasteiger partial charge in [0.15, 0.2) is 0 Å². The molecule has 6 heteroatoms. The van der Waals surface area contributed by atoms with Gasteiger partial charge in [-0.3, -0.25) is 0 Å². The number of hydrogen-bond acceptors (Lipinski definition) is 3. The molecule has 23 heavy (non-hydrogen) atoms. The van der Waals surface area contributed by atoms with Crippen LogP contribution in [-0.2, 0) is 24.1 Å². The zero-order chi connectivity index (χ0) is 16.4. The normalized spacial score (nSPS) is 12.0. The van der Waals surface area contributed by atoms with Gasteiger partial charge >= 0.3 is 6.18 Å². The van der Waals surface area contributed by atoms with Crippen molar-refractivity contribution in [3.8, 4) is 0 Å². The van der Waals surface area contributed by atoms with Gasteiger partial charge in [0.05, 0.1) is 34.0 Å². The molecule has 2 aromatic carbocycles. The number of thiazole rings is 1. The molecule has 0 aliphatic carbocycles. The second kappa shape index (κ2) is 6.29. The molecule has 0 aliphatic heterocycles. The van der Waals surface area contributed by atoms with Crippen molar-refractivity contribution in [1.82, 2.24) is 4.98 Å². The number of benzene rings is 2. The van der Waals surface area contributed by atoms with E-state index in [1.165, 1.54) is 11.3 Å². The average Bonchev–Trinajstić information content (AvgIpc) is 2.88. The van der Waals surface area contributed by atoms with Crippen LogP contribution in [0.5, 0.6) is 0 Å². The molecule has 1 aromatic heterocycles. The molecular weight excluding hydrogens is 323 g/mol. The predicted octanol–water partition coefficient (Wildman–Crippen LogP) is 5.34. The fraction of sp³-hybridized carbons (Fsp3) is 0.235. The summed E-state index contributed by atoms with van der Waals surface area (Å²) in [5, 5.41) is 0.739. The number of alkyl halides is 3. The Hall–Kier alpha value is -1.92. The quantitative estimate of drug-likeness (QED) is 0.641. The fourth-order valence-corrected chi connectivity index (χ4v) is 3.25. The van der Waals surface area contributed by atoms with Crippen LogP contribution in [0.15, 0.2) is 42.5 Å². The van der Waals surface area contributed by atoms with Gasteiger partial charge in [-0.2, -0.15) is 13.2 Å². The van der Waals surface area contributed by atoms with Crippen LogP contribution in [0, 0.1) is 6.92 Å². The van der Waals surface area contributed by atoms with Gasteiger partial charge in [0.25, 0.3) is 0 Å². The second-order valence-corrected chi connectivity index (χ2v) is 6.43. The van der Waals surface area contributed by atoms with E-state index in [1.54, 1.807) is 6.92 Å². The highest BCUT2D eigenvalue weighted by atomic mass is 32.1. The van der Waals surface area contributed by atoms with E-state index in [2.05, 4.69) is 4.98 Å². The molecule has 0 unspecified atom stereocenters. The van der Waals surface area contributed by atoms with E-state index in [0.29, 0.717) is 22.4 Å². The predicted molar refractivity (Wildman–Crippen MR) is 84.3 cm³/mol. The molecule has 0 radical (unpaired) electrons. The number of fused-ring (bicyclic) bond motifs is 1. The van der Waals surface area contributed by atoms with Gasteiger partial charge in [0.1, 0.15) is 0 Å². The van der Waals surface area contributed by atoms with Crippen LogP contribution >= 0.6 is 11.3 Å². The third kappa shape index (κ3) is 3.71. The lowest BCUT2D eigenvalue weighted by Gasteiger charge is -2.10. The SMILES string of the molecule is Cc1nc2c(COCc3ccccc3)cc(C(F)(F)F)cc2s1. The Balaban J connectivity index is 1.86. The lowest BCUT2D eigenvalue weighted by molar-refractivity contribution is -0.137. The zero-order valence-corrected chi connectivity index (χ0v) is 13.2. The first kappa shape index (κ1) is 16.0. The molecule has 3 aromatic rings. The first-order valence-corrected chi connectivity index (χ1v) is 7.84. The Kier molecular flexibility index (Phi) is 4.37. The third-order valence-electron chi connectivity index (χ3n) is 3.38. The summed E-state index contributed by atoms with van der Waals surface area (Å²) in [5.74, 6) is 0. The fourth-order valence-electron chi connectivity index (χ4n) is 2.34. The van der Waals surface area contributed by atoms with Gasteiger partial charge < -0.3 is 4.74 Å². The number of rotatable bonds is 4. The molecule has 0 saturated heterocycles. The van der Waals surface area contributed by atoms with Crippen molar-refractivity contribution in [2.24, 2.45) is 0 Å². The first-order valence-electron chi connectivity index (χ1n) is 7.02. The summed E-state index contributed by atoms with van der Waals surface area (Å²) in [6.07, 6.45) is -4.37. The zero-order valence-electron chi connectivity index (χ0n) is 12.4. The third-order valence-corrected chi connectivity index (χ3v) is 4.30. The maximum Gasteiger partial charge on any atom is 0.416 e. The molecule has 0 amide bonds. The Labute approximate surface area is 135 Å². The molecule has 0 bridgehead atoms. The maximum atomic E-state index is 13.0. The second-order valence-electron chi connectivity index (χ2n) is 5.19. The van der Waals surface area contributed by atoms with Gasteiger partial charge in [-0.15, -0.1) is 11.3 Å². The summed E-state index contributed by atoms with van der Waals surface area (Å²) in [7, 11) is 0. The molecule has 0 spiro atoms. The number of ether oxygens (including phenoxy) is 1. The highest BCUT2D eigenvalue weighted by molar-refractivity contribution is 7.18.